The van der Waals surface area contributed by atoms with Crippen LogP contribution in [0.1, 0.15) is 12.2 Å². The molecule has 20 heavy (non-hydrogen) atoms. The SMILES string of the molecule is CN(C)S(=O)(=O)N1CC[C@@H](S(=O)(=O)Cc2ccco2)C1. The van der Waals surface area contributed by atoms with E-state index in [4.69, 9.17) is 4.42 Å². The van der Waals surface area contributed by atoms with E-state index in [-0.39, 0.29) is 18.8 Å². The number of nitrogens with zero attached hydrogens (tertiary/aromatic N) is 2. The van der Waals surface area contributed by atoms with E-state index in [1.807, 2.05) is 0 Å². The molecule has 0 saturated carbocycles. The van der Waals surface area contributed by atoms with Gasteiger partial charge < -0.3 is 4.42 Å². The number of sulfone groups is 1. The molecule has 1 fully saturated rings. The molecule has 1 aromatic heterocycles. The summed E-state index contributed by atoms with van der Waals surface area (Å²) in [7, 11) is -4.11. The standard InChI is InChI=1S/C11H18N2O5S2/c1-12(2)20(16,17)13-6-5-11(8-13)19(14,15)9-10-4-3-7-18-10/h3-4,7,11H,5-6,8-9H2,1-2H3/t11-/m1/s1. The topological polar surface area (TPSA) is 87.9 Å². The van der Waals surface area contributed by atoms with E-state index >= 15 is 0 Å². The van der Waals surface area contributed by atoms with Crippen LogP contribution < -0.4 is 0 Å². The fraction of sp³-hybridized carbons (Fsp3) is 0.636. The minimum atomic E-state index is -3.55. The minimum absolute atomic E-state index is 0.00353. The number of furan rings is 1. The molecule has 2 heterocycles. The van der Waals surface area contributed by atoms with Gasteiger partial charge in [-0.2, -0.15) is 17.0 Å². The summed E-state index contributed by atoms with van der Waals surface area (Å²) in [5.41, 5.74) is 0. The zero-order valence-corrected chi connectivity index (χ0v) is 13.0. The van der Waals surface area contributed by atoms with Gasteiger partial charge in [-0.05, 0) is 18.6 Å². The maximum Gasteiger partial charge on any atom is 0.281 e. The lowest BCUT2D eigenvalue weighted by Gasteiger charge is -2.20. The summed E-state index contributed by atoms with van der Waals surface area (Å²) < 4.78 is 55.8. The number of rotatable bonds is 5. The van der Waals surface area contributed by atoms with Crippen LogP contribution in [0.4, 0.5) is 0 Å². The van der Waals surface area contributed by atoms with Crippen molar-refractivity contribution >= 4 is 20.0 Å². The van der Waals surface area contributed by atoms with Crippen LogP contribution in [0, 0.1) is 0 Å². The summed E-state index contributed by atoms with van der Waals surface area (Å²) in [6, 6.07) is 3.23. The molecule has 0 amide bonds. The molecule has 9 heteroatoms. The first kappa shape index (κ1) is 15.5. The van der Waals surface area contributed by atoms with Gasteiger partial charge in [-0.1, -0.05) is 0 Å². The second kappa shape index (κ2) is 5.47. The van der Waals surface area contributed by atoms with Crippen molar-refractivity contribution in [3.63, 3.8) is 0 Å². The molecule has 0 bridgehead atoms. The Morgan fingerprint density at radius 3 is 2.60 bits per heavy atom. The summed E-state index contributed by atoms with van der Waals surface area (Å²) in [6.45, 7) is 0.228. The van der Waals surface area contributed by atoms with Gasteiger partial charge >= 0.3 is 0 Å². The van der Waals surface area contributed by atoms with Crippen LogP contribution in [0.5, 0.6) is 0 Å². The van der Waals surface area contributed by atoms with Crippen molar-refractivity contribution in [2.24, 2.45) is 0 Å². The van der Waals surface area contributed by atoms with Gasteiger partial charge in [0.2, 0.25) is 0 Å². The van der Waals surface area contributed by atoms with Crippen molar-refractivity contribution in [2.45, 2.75) is 17.4 Å². The monoisotopic (exact) mass is 322 g/mol. The average molecular weight is 322 g/mol. The van der Waals surface area contributed by atoms with Crippen LogP contribution in [0.2, 0.25) is 0 Å². The molecule has 1 atom stereocenters. The van der Waals surface area contributed by atoms with Crippen LogP contribution in [-0.2, 0) is 25.8 Å². The third kappa shape index (κ3) is 3.05. The molecule has 0 aliphatic carbocycles. The molecule has 2 rings (SSSR count). The van der Waals surface area contributed by atoms with E-state index in [1.165, 1.54) is 24.7 Å². The molecule has 1 saturated heterocycles. The van der Waals surface area contributed by atoms with Gasteiger partial charge in [-0.15, -0.1) is 0 Å². The van der Waals surface area contributed by atoms with Gasteiger partial charge in [0, 0.05) is 27.2 Å². The van der Waals surface area contributed by atoms with Crippen molar-refractivity contribution in [3.8, 4) is 0 Å². The number of hydrogen-bond acceptors (Lipinski definition) is 5. The van der Waals surface area contributed by atoms with E-state index in [0.717, 1.165) is 4.31 Å². The average Bonchev–Trinajstić information content (AvgIpc) is 2.97. The Kier molecular flexibility index (Phi) is 4.24. The highest BCUT2D eigenvalue weighted by Gasteiger charge is 2.39. The Morgan fingerprint density at radius 2 is 2.05 bits per heavy atom. The highest BCUT2D eigenvalue weighted by atomic mass is 32.2. The van der Waals surface area contributed by atoms with Crippen LogP contribution in [0.25, 0.3) is 0 Å². The normalized spacial score (nSPS) is 21.6. The summed E-state index contributed by atoms with van der Waals surface area (Å²) in [6.07, 6.45) is 1.73. The molecule has 0 aromatic carbocycles. The van der Waals surface area contributed by atoms with Crippen molar-refractivity contribution in [1.29, 1.82) is 0 Å². The third-order valence-corrected chi connectivity index (χ3v) is 7.32. The molecule has 7 nitrogen and oxygen atoms in total. The van der Waals surface area contributed by atoms with E-state index in [9.17, 15) is 16.8 Å². The van der Waals surface area contributed by atoms with Gasteiger partial charge in [-0.3, -0.25) is 0 Å². The lowest BCUT2D eigenvalue weighted by Crippen LogP contribution is -2.39. The second-order valence-electron chi connectivity index (χ2n) is 4.95. The quantitative estimate of drug-likeness (QED) is 0.766. The Balaban J connectivity index is 2.09. The molecule has 0 spiro atoms. The summed E-state index contributed by atoms with van der Waals surface area (Å²) in [5, 5.41) is -0.678. The van der Waals surface area contributed by atoms with E-state index < -0.39 is 25.3 Å². The Labute approximate surface area is 119 Å². The van der Waals surface area contributed by atoms with E-state index in [2.05, 4.69) is 0 Å². The third-order valence-electron chi connectivity index (χ3n) is 3.33. The van der Waals surface area contributed by atoms with Crippen LogP contribution in [-0.4, -0.2) is 57.9 Å². The van der Waals surface area contributed by atoms with E-state index in [1.54, 1.807) is 12.1 Å². The molecule has 0 unspecified atom stereocenters. The minimum Gasteiger partial charge on any atom is -0.468 e. The second-order valence-corrected chi connectivity index (χ2v) is 9.37. The lowest BCUT2D eigenvalue weighted by molar-refractivity contribution is 0.421. The predicted molar refractivity (Wildman–Crippen MR) is 73.9 cm³/mol. The largest absolute Gasteiger partial charge is 0.468 e. The number of hydrogen-bond donors (Lipinski definition) is 0. The van der Waals surface area contributed by atoms with Crippen molar-refractivity contribution in [1.82, 2.24) is 8.61 Å². The first-order valence-electron chi connectivity index (χ1n) is 6.15. The van der Waals surface area contributed by atoms with Gasteiger partial charge in [0.05, 0.1) is 11.5 Å². The zero-order chi connectivity index (χ0) is 15.0. The molecule has 1 aromatic rings. The predicted octanol–water partition coefficient (Wildman–Crippen LogP) is 0.0751. The summed E-state index contributed by atoms with van der Waals surface area (Å²) >= 11 is 0. The molecule has 0 radical (unpaired) electrons. The fourth-order valence-corrected chi connectivity index (χ4v) is 5.07. The molecular formula is C11H18N2O5S2. The maximum absolute atomic E-state index is 12.2. The van der Waals surface area contributed by atoms with Crippen molar-refractivity contribution in [2.75, 3.05) is 27.2 Å². The first-order valence-corrected chi connectivity index (χ1v) is 9.26. The highest BCUT2D eigenvalue weighted by molar-refractivity contribution is 7.91. The first-order chi connectivity index (χ1) is 9.23. The Bertz CT molecular complexity index is 649. The molecule has 1 aliphatic heterocycles. The Morgan fingerprint density at radius 1 is 1.35 bits per heavy atom. The fourth-order valence-electron chi connectivity index (χ4n) is 2.14. The van der Waals surface area contributed by atoms with Gasteiger partial charge in [0.25, 0.3) is 10.2 Å². The zero-order valence-electron chi connectivity index (χ0n) is 11.4. The van der Waals surface area contributed by atoms with Crippen LogP contribution >= 0.6 is 0 Å². The molecule has 114 valence electrons. The smallest absolute Gasteiger partial charge is 0.281 e. The lowest BCUT2D eigenvalue weighted by atomic mass is 10.4. The highest BCUT2D eigenvalue weighted by Crippen LogP contribution is 2.23. The van der Waals surface area contributed by atoms with E-state index in [0.29, 0.717) is 12.2 Å². The van der Waals surface area contributed by atoms with Crippen LogP contribution in [0.15, 0.2) is 22.8 Å². The summed E-state index contributed by atoms with van der Waals surface area (Å²) in [5.74, 6) is 0.180. The molecule has 0 N–H and O–H groups in total. The Hall–Kier alpha value is -0.900. The maximum atomic E-state index is 12.2. The van der Waals surface area contributed by atoms with Gasteiger partial charge in [0.1, 0.15) is 11.5 Å². The van der Waals surface area contributed by atoms with Gasteiger partial charge in [-0.25, -0.2) is 8.42 Å². The molecule has 1 aliphatic rings. The van der Waals surface area contributed by atoms with Crippen LogP contribution in [0.3, 0.4) is 0 Å². The van der Waals surface area contributed by atoms with Gasteiger partial charge in [0.15, 0.2) is 9.84 Å². The van der Waals surface area contributed by atoms with Crippen molar-refractivity contribution < 1.29 is 21.3 Å². The van der Waals surface area contributed by atoms with Crippen molar-refractivity contribution in [3.05, 3.63) is 24.2 Å². The molecular weight excluding hydrogens is 304 g/mol. The summed E-state index contributed by atoms with van der Waals surface area (Å²) in [4.78, 5) is 0.